The van der Waals surface area contributed by atoms with Crippen LogP contribution < -0.4 is 11.1 Å². The highest BCUT2D eigenvalue weighted by Gasteiger charge is 2.19. The van der Waals surface area contributed by atoms with Crippen molar-refractivity contribution in [2.24, 2.45) is 5.92 Å². The molecule has 1 aromatic rings. The van der Waals surface area contributed by atoms with Crippen molar-refractivity contribution < 1.29 is 14.3 Å². The van der Waals surface area contributed by atoms with Crippen molar-refractivity contribution in [3.63, 3.8) is 0 Å². The van der Waals surface area contributed by atoms with Crippen molar-refractivity contribution in [1.29, 1.82) is 0 Å². The molecule has 1 saturated heterocycles. The molecule has 3 N–H and O–H groups in total. The quantitative estimate of drug-likeness (QED) is 0.660. The third-order valence-electron chi connectivity index (χ3n) is 3.34. The van der Waals surface area contributed by atoms with Gasteiger partial charge in [-0.15, -0.1) is 0 Å². The summed E-state index contributed by atoms with van der Waals surface area (Å²) >= 11 is 6.17. The van der Waals surface area contributed by atoms with Gasteiger partial charge in [0.05, 0.1) is 30.0 Å². The van der Waals surface area contributed by atoms with E-state index in [2.05, 4.69) is 5.32 Å². The van der Waals surface area contributed by atoms with Crippen molar-refractivity contribution in [3.8, 4) is 0 Å². The maximum absolute atomic E-state index is 11.8. The maximum Gasteiger partial charge on any atom is 0.340 e. The Morgan fingerprint density at radius 1 is 1.60 bits per heavy atom. The molecule has 2 rings (SSSR count). The zero-order valence-corrected chi connectivity index (χ0v) is 12.2. The Hall–Kier alpha value is -1.46. The van der Waals surface area contributed by atoms with Gasteiger partial charge in [-0.25, -0.2) is 4.79 Å². The summed E-state index contributed by atoms with van der Waals surface area (Å²) in [7, 11) is 1.33. The first-order valence-electron chi connectivity index (χ1n) is 6.60. The average Bonchev–Trinajstić information content (AvgIpc) is 2.46. The molecule has 1 aromatic carbocycles. The van der Waals surface area contributed by atoms with Crippen LogP contribution in [0.4, 0.5) is 11.4 Å². The van der Waals surface area contributed by atoms with E-state index in [1.54, 1.807) is 12.1 Å². The zero-order chi connectivity index (χ0) is 14.5. The van der Waals surface area contributed by atoms with E-state index in [-0.39, 0.29) is 0 Å². The number of nitrogens with two attached hydrogens (primary N) is 1. The lowest BCUT2D eigenvalue weighted by Gasteiger charge is -2.23. The van der Waals surface area contributed by atoms with Crippen LogP contribution in [0.3, 0.4) is 0 Å². The topological polar surface area (TPSA) is 73.6 Å². The van der Waals surface area contributed by atoms with E-state index in [0.29, 0.717) is 34.4 Å². The minimum absolute atomic E-state index is 0.356. The first kappa shape index (κ1) is 14.9. The van der Waals surface area contributed by atoms with Crippen LogP contribution in [0, 0.1) is 5.92 Å². The molecule has 0 saturated carbocycles. The van der Waals surface area contributed by atoms with E-state index in [4.69, 9.17) is 26.8 Å². The number of carbonyl (C=O) groups excluding carboxylic acids is 1. The van der Waals surface area contributed by atoms with Crippen LogP contribution in [0.1, 0.15) is 23.2 Å². The van der Waals surface area contributed by atoms with E-state index in [9.17, 15) is 4.79 Å². The summed E-state index contributed by atoms with van der Waals surface area (Å²) in [4.78, 5) is 11.8. The van der Waals surface area contributed by atoms with Crippen molar-refractivity contribution in [3.05, 3.63) is 22.7 Å². The number of hydrogen-bond acceptors (Lipinski definition) is 5. The number of benzene rings is 1. The summed E-state index contributed by atoms with van der Waals surface area (Å²) in [6, 6.07) is 3.19. The molecule has 1 aliphatic rings. The Balaban J connectivity index is 2.14. The molecule has 0 radical (unpaired) electrons. The molecule has 0 spiro atoms. The molecule has 20 heavy (non-hydrogen) atoms. The number of nitrogen functional groups attached to an aromatic ring is 1. The second-order valence-corrected chi connectivity index (χ2v) is 5.29. The minimum atomic E-state index is -0.457. The third-order valence-corrected chi connectivity index (χ3v) is 3.64. The van der Waals surface area contributed by atoms with Gasteiger partial charge in [0.2, 0.25) is 0 Å². The SMILES string of the molecule is COC(=O)c1cc(N)cc(Cl)c1NCC1CCCOC1. The molecule has 1 heterocycles. The lowest BCUT2D eigenvalue weighted by Crippen LogP contribution is -2.25. The number of rotatable bonds is 4. The van der Waals surface area contributed by atoms with Gasteiger partial charge in [-0.2, -0.15) is 0 Å². The van der Waals surface area contributed by atoms with Gasteiger partial charge in [0.1, 0.15) is 0 Å². The Labute approximate surface area is 123 Å². The van der Waals surface area contributed by atoms with E-state index in [1.165, 1.54) is 7.11 Å². The number of methoxy groups -OCH3 is 1. The van der Waals surface area contributed by atoms with Crippen molar-refractivity contribution in [1.82, 2.24) is 0 Å². The second-order valence-electron chi connectivity index (χ2n) is 4.88. The second kappa shape index (κ2) is 6.81. The lowest BCUT2D eigenvalue weighted by molar-refractivity contribution is 0.0592. The average molecular weight is 299 g/mol. The number of halogens is 1. The zero-order valence-electron chi connectivity index (χ0n) is 11.4. The van der Waals surface area contributed by atoms with Gasteiger partial charge in [0.25, 0.3) is 0 Å². The number of nitrogens with one attached hydrogen (secondary N) is 1. The highest BCUT2D eigenvalue weighted by Crippen LogP contribution is 2.30. The Morgan fingerprint density at radius 2 is 2.40 bits per heavy atom. The summed E-state index contributed by atoms with van der Waals surface area (Å²) in [5, 5.41) is 3.64. The first-order valence-corrected chi connectivity index (χ1v) is 6.98. The number of esters is 1. The van der Waals surface area contributed by atoms with E-state index < -0.39 is 5.97 Å². The summed E-state index contributed by atoms with van der Waals surface area (Å²) in [5.41, 5.74) is 7.08. The molecule has 1 unspecified atom stereocenters. The summed E-state index contributed by atoms with van der Waals surface area (Å²) in [6.45, 7) is 2.26. The van der Waals surface area contributed by atoms with Crippen LogP contribution in [0.2, 0.25) is 5.02 Å². The summed E-state index contributed by atoms with van der Waals surface area (Å²) < 4.78 is 10.2. The van der Waals surface area contributed by atoms with Gasteiger partial charge < -0.3 is 20.5 Å². The smallest absolute Gasteiger partial charge is 0.340 e. The Kier molecular flexibility index (Phi) is 5.09. The summed E-state index contributed by atoms with van der Waals surface area (Å²) in [5.74, 6) is -0.0375. The molecule has 0 aromatic heterocycles. The van der Waals surface area contributed by atoms with Gasteiger partial charge in [0.15, 0.2) is 0 Å². The largest absolute Gasteiger partial charge is 0.465 e. The van der Waals surface area contributed by atoms with Crippen LogP contribution >= 0.6 is 11.6 Å². The van der Waals surface area contributed by atoms with Crippen LogP contribution in [0.5, 0.6) is 0 Å². The molecule has 0 amide bonds. The highest BCUT2D eigenvalue weighted by atomic mass is 35.5. The number of anilines is 2. The van der Waals surface area contributed by atoms with Crippen molar-refractivity contribution >= 4 is 28.9 Å². The molecular weight excluding hydrogens is 280 g/mol. The van der Waals surface area contributed by atoms with Crippen LogP contribution in [0.25, 0.3) is 0 Å². The maximum atomic E-state index is 11.8. The van der Waals surface area contributed by atoms with Gasteiger partial charge in [-0.3, -0.25) is 0 Å². The number of ether oxygens (including phenoxy) is 2. The molecule has 1 aliphatic heterocycles. The molecule has 1 atom stereocenters. The van der Waals surface area contributed by atoms with Gasteiger partial charge in [-0.1, -0.05) is 11.6 Å². The fourth-order valence-corrected chi connectivity index (χ4v) is 2.59. The minimum Gasteiger partial charge on any atom is -0.465 e. The van der Waals surface area contributed by atoms with Crippen molar-refractivity contribution in [2.75, 3.05) is 37.9 Å². The van der Waals surface area contributed by atoms with E-state index in [1.807, 2.05) is 0 Å². The standard InChI is InChI=1S/C14H19ClN2O3/c1-19-14(18)11-5-10(16)6-12(15)13(11)17-7-9-3-2-4-20-8-9/h5-6,9,17H,2-4,7-8,16H2,1H3. The predicted octanol–water partition coefficient (Wildman–Crippen LogP) is 2.55. The number of carbonyl (C=O) groups is 1. The van der Waals surface area contributed by atoms with Gasteiger partial charge in [-0.05, 0) is 30.9 Å². The van der Waals surface area contributed by atoms with Gasteiger partial charge >= 0.3 is 5.97 Å². The Morgan fingerprint density at radius 3 is 3.05 bits per heavy atom. The molecule has 6 heteroatoms. The van der Waals surface area contributed by atoms with Crippen LogP contribution in [0.15, 0.2) is 12.1 Å². The van der Waals surface area contributed by atoms with Gasteiger partial charge in [0, 0.05) is 18.8 Å². The van der Waals surface area contributed by atoms with Crippen LogP contribution in [-0.4, -0.2) is 32.8 Å². The molecule has 110 valence electrons. The predicted molar refractivity (Wildman–Crippen MR) is 79.2 cm³/mol. The molecule has 0 aliphatic carbocycles. The molecular formula is C14H19ClN2O3. The summed E-state index contributed by atoms with van der Waals surface area (Å²) in [6.07, 6.45) is 2.17. The normalized spacial score (nSPS) is 18.6. The van der Waals surface area contributed by atoms with Crippen LogP contribution in [-0.2, 0) is 9.47 Å². The van der Waals surface area contributed by atoms with E-state index in [0.717, 1.165) is 26.1 Å². The highest BCUT2D eigenvalue weighted by molar-refractivity contribution is 6.34. The fraction of sp³-hybridized carbons (Fsp3) is 0.500. The fourth-order valence-electron chi connectivity index (χ4n) is 2.29. The van der Waals surface area contributed by atoms with Crippen molar-refractivity contribution in [2.45, 2.75) is 12.8 Å². The van der Waals surface area contributed by atoms with E-state index >= 15 is 0 Å². The number of hydrogen-bond donors (Lipinski definition) is 2. The monoisotopic (exact) mass is 298 g/mol. The Bertz CT molecular complexity index is 488. The third kappa shape index (κ3) is 3.55. The first-order chi connectivity index (χ1) is 9.61. The molecule has 5 nitrogen and oxygen atoms in total. The molecule has 1 fully saturated rings. The molecule has 0 bridgehead atoms. The lowest BCUT2D eigenvalue weighted by atomic mass is 10.0.